The van der Waals surface area contributed by atoms with Crippen molar-refractivity contribution in [3.63, 3.8) is 0 Å². The molecule has 2 aliphatic carbocycles. The van der Waals surface area contributed by atoms with Crippen molar-refractivity contribution in [2.24, 2.45) is 17.3 Å². The first kappa shape index (κ1) is 15.6. The zero-order valence-electron chi connectivity index (χ0n) is 13.9. The molecule has 2 rings (SSSR count). The van der Waals surface area contributed by atoms with E-state index in [1.807, 2.05) is 0 Å². The van der Waals surface area contributed by atoms with E-state index in [-0.39, 0.29) is 0 Å². The topological polar surface area (TPSA) is 20.3 Å². The average Bonchev–Trinajstić information content (AvgIpc) is 3.22. The number of rotatable bonds is 7. The van der Waals surface area contributed by atoms with Gasteiger partial charge >= 0.3 is 0 Å². The molecule has 0 aromatic carbocycles. The van der Waals surface area contributed by atoms with Crippen LogP contribution in [0.25, 0.3) is 0 Å². The summed E-state index contributed by atoms with van der Waals surface area (Å²) in [5.41, 5.74) is 1.89. The summed E-state index contributed by atoms with van der Waals surface area (Å²) in [4.78, 5) is 14.5. The highest BCUT2D eigenvalue weighted by molar-refractivity contribution is 5.81. The standard InChI is InChI=1S/C18H31NO/c1-13(2)7-6-10-18(5)11-16(18)12-19(14(3)4)17(20)15-8-9-15/h7,14-16H,6,8-12H2,1-5H3. The Bertz CT molecular complexity index is 390. The van der Waals surface area contributed by atoms with Gasteiger partial charge in [0.15, 0.2) is 0 Å². The van der Waals surface area contributed by atoms with Crippen LogP contribution in [0, 0.1) is 17.3 Å². The van der Waals surface area contributed by atoms with E-state index < -0.39 is 0 Å². The predicted octanol–water partition coefficient (Wildman–Crippen LogP) is 4.41. The van der Waals surface area contributed by atoms with E-state index in [2.05, 4.69) is 45.6 Å². The van der Waals surface area contributed by atoms with Crippen LogP contribution in [-0.2, 0) is 4.79 Å². The van der Waals surface area contributed by atoms with Crippen LogP contribution in [0.3, 0.4) is 0 Å². The Kier molecular flexibility index (Phi) is 4.61. The monoisotopic (exact) mass is 277 g/mol. The van der Waals surface area contributed by atoms with Crippen LogP contribution in [0.15, 0.2) is 11.6 Å². The first-order valence-corrected chi connectivity index (χ1v) is 8.27. The minimum Gasteiger partial charge on any atom is -0.340 e. The molecule has 2 atom stereocenters. The number of hydrogen-bond acceptors (Lipinski definition) is 1. The molecule has 0 spiro atoms. The number of carbonyl (C=O) groups excluding carboxylic acids is 1. The lowest BCUT2D eigenvalue weighted by Gasteiger charge is -2.28. The van der Waals surface area contributed by atoms with Gasteiger partial charge in [0.25, 0.3) is 0 Å². The van der Waals surface area contributed by atoms with Gasteiger partial charge in [-0.05, 0) is 71.1 Å². The molecular formula is C18H31NO. The molecule has 2 fully saturated rings. The molecule has 2 unspecified atom stereocenters. The van der Waals surface area contributed by atoms with Gasteiger partial charge in [0.05, 0.1) is 0 Å². The number of hydrogen-bond donors (Lipinski definition) is 0. The van der Waals surface area contributed by atoms with Gasteiger partial charge in [0.2, 0.25) is 5.91 Å². The molecule has 2 saturated carbocycles. The number of nitrogens with zero attached hydrogens (tertiary/aromatic N) is 1. The van der Waals surface area contributed by atoms with Crippen molar-refractivity contribution >= 4 is 5.91 Å². The SMILES string of the molecule is CC(C)=CCCC1(C)CC1CN(C(=O)C1CC1)C(C)C. The van der Waals surface area contributed by atoms with Crippen molar-refractivity contribution in [1.82, 2.24) is 4.90 Å². The smallest absolute Gasteiger partial charge is 0.225 e. The van der Waals surface area contributed by atoms with Gasteiger partial charge in [-0.25, -0.2) is 0 Å². The molecule has 0 saturated heterocycles. The van der Waals surface area contributed by atoms with Crippen molar-refractivity contribution in [2.45, 2.75) is 72.8 Å². The second-order valence-electron chi connectivity index (χ2n) is 7.73. The van der Waals surface area contributed by atoms with Gasteiger partial charge in [0, 0.05) is 18.5 Å². The third-order valence-electron chi connectivity index (χ3n) is 5.06. The molecule has 0 N–H and O–H groups in total. The summed E-state index contributed by atoms with van der Waals surface area (Å²) >= 11 is 0. The molecule has 0 aliphatic heterocycles. The van der Waals surface area contributed by atoms with Gasteiger partial charge in [-0.2, -0.15) is 0 Å². The van der Waals surface area contributed by atoms with Crippen molar-refractivity contribution in [2.75, 3.05) is 6.54 Å². The van der Waals surface area contributed by atoms with E-state index >= 15 is 0 Å². The lowest BCUT2D eigenvalue weighted by atomic mass is 9.98. The fourth-order valence-electron chi connectivity index (χ4n) is 3.14. The molecule has 20 heavy (non-hydrogen) atoms. The molecule has 114 valence electrons. The van der Waals surface area contributed by atoms with Crippen LogP contribution in [0.5, 0.6) is 0 Å². The van der Waals surface area contributed by atoms with E-state index in [1.165, 1.54) is 24.8 Å². The quantitative estimate of drug-likeness (QED) is 0.631. The molecule has 0 heterocycles. The van der Waals surface area contributed by atoms with Gasteiger partial charge in [-0.1, -0.05) is 18.6 Å². The van der Waals surface area contributed by atoms with Crippen LogP contribution in [-0.4, -0.2) is 23.4 Å². The summed E-state index contributed by atoms with van der Waals surface area (Å²) in [6.45, 7) is 12.0. The third kappa shape index (κ3) is 3.86. The van der Waals surface area contributed by atoms with Crippen molar-refractivity contribution < 1.29 is 4.79 Å². The summed E-state index contributed by atoms with van der Waals surface area (Å²) < 4.78 is 0. The summed E-state index contributed by atoms with van der Waals surface area (Å²) in [6, 6.07) is 0.353. The summed E-state index contributed by atoms with van der Waals surface area (Å²) in [7, 11) is 0. The molecule has 0 radical (unpaired) electrons. The first-order valence-electron chi connectivity index (χ1n) is 8.27. The maximum atomic E-state index is 12.3. The van der Waals surface area contributed by atoms with Crippen molar-refractivity contribution in [3.8, 4) is 0 Å². The second kappa shape index (κ2) is 5.91. The molecule has 2 aliphatic rings. The molecule has 2 nitrogen and oxygen atoms in total. The Hall–Kier alpha value is -0.790. The van der Waals surface area contributed by atoms with Crippen LogP contribution in [0.1, 0.15) is 66.7 Å². The maximum absolute atomic E-state index is 12.3. The minimum absolute atomic E-state index is 0.353. The van der Waals surface area contributed by atoms with E-state index in [1.54, 1.807) is 0 Å². The minimum atomic E-state index is 0.353. The van der Waals surface area contributed by atoms with Crippen LogP contribution in [0.2, 0.25) is 0 Å². The second-order valence-corrected chi connectivity index (χ2v) is 7.73. The van der Waals surface area contributed by atoms with E-state index in [4.69, 9.17) is 0 Å². The summed E-state index contributed by atoms with van der Waals surface area (Å²) in [5, 5.41) is 0. The Morgan fingerprint density at radius 3 is 2.50 bits per heavy atom. The highest BCUT2D eigenvalue weighted by atomic mass is 16.2. The van der Waals surface area contributed by atoms with E-state index in [0.717, 1.165) is 25.3 Å². The molecule has 1 amide bonds. The van der Waals surface area contributed by atoms with Crippen molar-refractivity contribution in [3.05, 3.63) is 11.6 Å². The zero-order valence-corrected chi connectivity index (χ0v) is 13.9. The lowest BCUT2D eigenvalue weighted by molar-refractivity contribution is -0.134. The molecule has 0 aromatic rings. The Labute approximate surface area is 124 Å². The van der Waals surface area contributed by atoms with Crippen LogP contribution >= 0.6 is 0 Å². The van der Waals surface area contributed by atoms with Gasteiger partial charge in [-0.3, -0.25) is 4.79 Å². The molecule has 2 heteroatoms. The van der Waals surface area contributed by atoms with Gasteiger partial charge in [0.1, 0.15) is 0 Å². The fourth-order valence-corrected chi connectivity index (χ4v) is 3.14. The van der Waals surface area contributed by atoms with Crippen LogP contribution in [0.4, 0.5) is 0 Å². The van der Waals surface area contributed by atoms with E-state index in [9.17, 15) is 4.79 Å². The maximum Gasteiger partial charge on any atom is 0.225 e. The Morgan fingerprint density at radius 1 is 1.35 bits per heavy atom. The number of carbonyl (C=O) groups is 1. The molecule has 0 aromatic heterocycles. The third-order valence-corrected chi connectivity index (χ3v) is 5.06. The molecular weight excluding hydrogens is 246 g/mol. The normalized spacial score (nSPS) is 28.4. The van der Waals surface area contributed by atoms with Crippen molar-refractivity contribution in [1.29, 1.82) is 0 Å². The first-order chi connectivity index (χ1) is 9.33. The number of allylic oxidation sites excluding steroid dienone is 2. The van der Waals surface area contributed by atoms with Gasteiger partial charge < -0.3 is 4.90 Å². The largest absolute Gasteiger partial charge is 0.340 e. The highest BCUT2D eigenvalue weighted by Crippen LogP contribution is 2.56. The summed E-state index contributed by atoms with van der Waals surface area (Å²) in [5.74, 6) is 1.49. The average molecular weight is 277 g/mol. The number of amides is 1. The highest BCUT2D eigenvalue weighted by Gasteiger charge is 2.50. The fraction of sp³-hybridized carbons (Fsp3) is 0.833. The Balaban J connectivity index is 1.83. The Morgan fingerprint density at radius 2 is 2.00 bits per heavy atom. The predicted molar refractivity (Wildman–Crippen MR) is 84.5 cm³/mol. The zero-order chi connectivity index (χ0) is 14.9. The van der Waals surface area contributed by atoms with E-state index in [0.29, 0.717) is 23.3 Å². The summed E-state index contributed by atoms with van der Waals surface area (Å²) in [6.07, 6.45) is 8.33. The molecule has 0 bridgehead atoms. The van der Waals surface area contributed by atoms with Crippen LogP contribution < -0.4 is 0 Å². The van der Waals surface area contributed by atoms with Gasteiger partial charge in [-0.15, -0.1) is 0 Å². The lowest BCUT2D eigenvalue weighted by Crippen LogP contribution is -2.40.